The molecule has 8 amide bonds. The zero-order valence-electron chi connectivity index (χ0n) is 69.6. The monoisotopic (exact) mass is 1820 g/mol. The molecule has 21 N–H and O–H groups in total. The second kappa shape index (κ2) is 39.4. The third kappa shape index (κ3) is 20.6. The number of halogens is 2. The Labute approximate surface area is 744 Å². The predicted molar refractivity (Wildman–Crippen MR) is 455 cm³/mol. The number of aryl methyl sites for hydroxylation is 1. The summed E-state index contributed by atoms with van der Waals surface area (Å²) < 4.78 is 45.5. The number of nitro groups is 1. The van der Waals surface area contributed by atoms with Gasteiger partial charge in [-0.2, -0.15) is 0 Å². The Morgan fingerprint density at radius 1 is 0.690 bits per heavy atom. The van der Waals surface area contributed by atoms with Gasteiger partial charge in [0.1, 0.15) is 102 Å². The summed E-state index contributed by atoms with van der Waals surface area (Å²) in [5.41, 5.74) is 2.31. The Kier molecular flexibility index (Phi) is 28.6. The van der Waals surface area contributed by atoms with Crippen molar-refractivity contribution in [2.45, 2.75) is 176 Å². The molecule has 8 aromatic carbocycles. The molecule has 0 radical (unpaired) electrons. The molecule has 18 atom stereocenters. The maximum absolute atomic E-state index is 16.3. The predicted octanol–water partition coefficient (Wildman–Crippen LogP) is 4.99. The third-order valence-corrected chi connectivity index (χ3v) is 23.2. The number of amides is 8. The molecular formula is C88H93Cl2N11O28. The number of benzene rings is 8. The highest BCUT2D eigenvalue weighted by atomic mass is 35.5. The molecule has 0 aromatic heterocycles. The number of aromatic hydroxyl groups is 3. The van der Waals surface area contributed by atoms with Gasteiger partial charge >= 0.3 is 11.7 Å². The lowest BCUT2D eigenvalue weighted by Gasteiger charge is -2.48. The number of aliphatic hydroxyl groups excluding tert-OH is 6. The first kappa shape index (κ1) is 93.8. The largest absolute Gasteiger partial charge is 0.508 e. The fourth-order valence-corrected chi connectivity index (χ4v) is 16.3. The van der Waals surface area contributed by atoms with Crippen molar-refractivity contribution in [2.24, 2.45) is 11.7 Å². The van der Waals surface area contributed by atoms with Crippen LogP contribution in [0.5, 0.6) is 51.7 Å². The van der Waals surface area contributed by atoms with E-state index >= 15 is 24.0 Å². The van der Waals surface area contributed by atoms with Crippen molar-refractivity contribution in [1.29, 1.82) is 0 Å². The highest BCUT2D eigenvalue weighted by molar-refractivity contribution is 6.32. The molecule has 15 rings (SSSR count). The van der Waals surface area contributed by atoms with Gasteiger partial charge in [-0.05, 0) is 152 Å². The smallest absolute Gasteiger partial charge is 0.330 e. The van der Waals surface area contributed by atoms with Crippen LogP contribution in [0.15, 0.2) is 146 Å². The normalized spacial score (nSPS) is 25.4. The van der Waals surface area contributed by atoms with Gasteiger partial charge in [0.05, 0.1) is 46.2 Å². The Bertz CT molecular complexity index is 5680. The van der Waals surface area contributed by atoms with Gasteiger partial charge in [0.2, 0.25) is 59.1 Å². The lowest BCUT2D eigenvalue weighted by Crippen LogP contribution is -2.65. The van der Waals surface area contributed by atoms with Crippen molar-refractivity contribution < 1.29 is 132 Å². The van der Waals surface area contributed by atoms with Gasteiger partial charge in [-0.3, -0.25) is 48.5 Å². The van der Waals surface area contributed by atoms with E-state index in [0.29, 0.717) is 11.1 Å². The Hall–Kier alpha value is -12.9. The number of fused-ring (bicyclic) bond motifs is 15. The summed E-state index contributed by atoms with van der Waals surface area (Å²) in [5, 5.41) is 152. The van der Waals surface area contributed by atoms with Gasteiger partial charge < -0.3 is 138 Å². The number of carbonyl (C=O) groups excluding carboxylic acids is 8. The molecule has 11 bridgehead atoms. The summed E-state index contributed by atoms with van der Waals surface area (Å²) in [6.45, 7) is 7.22. The summed E-state index contributed by atoms with van der Waals surface area (Å²) in [6, 6.07) is 17.0. The molecule has 7 heterocycles. The number of phenols is 3. The minimum absolute atomic E-state index is 0.0309. The number of nitrogens with one attached hydrogen (secondary N) is 9. The van der Waals surface area contributed by atoms with Crippen LogP contribution in [0.2, 0.25) is 10.0 Å². The van der Waals surface area contributed by atoms with Gasteiger partial charge in [0, 0.05) is 46.9 Å². The van der Waals surface area contributed by atoms with Crippen LogP contribution in [0.4, 0.5) is 11.4 Å². The minimum atomic E-state index is -2.41. The van der Waals surface area contributed by atoms with Crippen LogP contribution in [-0.2, 0) is 65.7 Å². The molecule has 2 saturated heterocycles. The van der Waals surface area contributed by atoms with Crippen LogP contribution >= 0.6 is 23.2 Å². The molecule has 7 aliphatic rings. The van der Waals surface area contributed by atoms with Crippen molar-refractivity contribution in [2.75, 3.05) is 19.0 Å². The minimum Gasteiger partial charge on any atom is -0.508 e. The molecule has 0 aliphatic carbocycles. The second-order valence-corrected chi connectivity index (χ2v) is 33.1. The fourth-order valence-electron chi connectivity index (χ4n) is 15.8. The van der Waals surface area contributed by atoms with E-state index in [1.807, 2.05) is 0 Å². The average Bonchev–Trinajstić information content (AvgIpc) is 0.949. The third-order valence-electron chi connectivity index (χ3n) is 22.6. The van der Waals surface area contributed by atoms with Crippen molar-refractivity contribution >= 4 is 87.8 Å². The molecule has 8 aromatic rings. The van der Waals surface area contributed by atoms with Gasteiger partial charge in [-0.1, -0.05) is 104 Å². The maximum atomic E-state index is 16.3. The summed E-state index contributed by atoms with van der Waals surface area (Å²) in [6.07, 6.45) is -19.7. The molecule has 41 heteroatoms. The molecule has 0 saturated carbocycles. The number of carbonyl (C=O) groups is 9. The van der Waals surface area contributed by atoms with Gasteiger partial charge in [0.25, 0.3) is 5.91 Å². The summed E-state index contributed by atoms with van der Waals surface area (Å²) in [4.78, 5) is 144. The topological polar surface area (TPSA) is 598 Å². The number of primary amides is 1. The first-order valence-electron chi connectivity index (χ1n) is 40.6. The van der Waals surface area contributed by atoms with Crippen LogP contribution < -0.4 is 72.5 Å². The number of anilines is 1. The van der Waals surface area contributed by atoms with E-state index in [4.69, 9.17) is 62.1 Å². The molecule has 7 aliphatic heterocycles. The number of aliphatic hydroxyl groups is 6. The van der Waals surface area contributed by atoms with E-state index in [0.717, 1.165) is 72.3 Å². The van der Waals surface area contributed by atoms with Gasteiger partial charge in [-0.15, -0.1) is 0 Å². The summed E-state index contributed by atoms with van der Waals surface area (Å²) in [7, 11) is 1.46. The standard InChI is InChI=1S/C88H93Cl2N11O28/c1-37(2)23-53(92-6)80(113)99-68-71(107)43-17-21-57(51(89)26-43)125-59-28-45-29-60(76(59)129-87-77(74(110)73(109)61(35-102)127-87)128-63-33-88(5,78(111)39(4)124-63)93-34-41-13-10-14-46(24-41)94-79(112)48-19-15-38(3)75(70(48)101(121)122)123-36-40-11-8-7-9-12-40)126-58-22-18-44(27-52(58)90)72(108)69-85(118)98-67(86(119)120)50-30-47(103)31-56(105)64(50)49-25-42(16-20-55(49)104)65(82(115)100-69)97-83(116)66(45)96-81(114)54(32-62(91)106)95-84(68)117/h7-22,24-31,37,39,53-54,61,63,65-69,71-74,77-78,87,92-93,102-105,107-111H,23,32-36H2,1-6H3,(H2,91,106)(H,94,112)(H,95,117)(H,96,114)(H,97,116)(H,98,118)(H,99,113)(H,100,115)(H,119,120)/t39?,53?,54-,61?,63+,65+,66+,67+,68?,69-,71+,72?,73+,74?,77-,78+,87?,88?/m0/s1. The molecule has 129 heavy (non-hydrogen) atoms. The SMILES string of the molecule is CNC(CC(C)C)C(=O)NC1C(=O)N[C@@H](CC(N)=O)C(=O)N[C@H]2C(=O)N[C@H]3C(=O)N[C@H](C(=O)N[C@@H](C(=O)O)c4cc(O)cc(O)c4-c4cc3ccc4O)C(O)c3ccc(c(Cl)c3)Oc3cc2cc(c3OC2OC(CO)[C@@H](O)C(O)[C@@H]2O[C@@H]2CC(C)(NCc3cccc(NC(=O)c4ccc(C)c(OCc5ccccc5)c4[N+](=O)[O-])c3)[C@H](O)C(C)O2)Oc2ccc(cc2Cl)[C@H]1O. The number of phenolic OH excluding ortho intramolecular Hbond substituents is 3. The maximum Gasteiger partial charge on any atom is 0.330 e. The van der Waals surface area contributed by atoms with Crippen molar-refractivity contribution in [3.05, 3.63) is 216 Å². The van der Waals surface area contributed by atoms with E-state index in [2.05, 4.69) is 47.9 Å². The Morgan fingerprint density at radius 3 is 1.97 bits per heavy atom. The van der Waals surface area contributed by atoms with Crippen LogP contribution in [0.1, 0.15) is 132 Å². The van der Waals surface area contributed by atoms with Gasteiger partial charge in [-0.25, -0.2) is 4.79 Å². The number of nitro benzene ring substituents is 1. The van der Waals surface area contributed by atoms with E-state index in [1.165, 1.54) is 38.2 Å². The second-order valence-electron chi connectivity index (χ2n) is 32.3. The number of nitrogens with zero attached hydrogens (tertiary/aromatic N) is 1. The quantitative estimate of drug-likeness (QED) is 0.0314. The van der Waals surface area contributed by atoms with Crippen LogP contribution in [0.25, 0.3) is 11.1 Å². The van der Waals surface area contributed by atoms with E-state index in [9.17, 15) is 80.4 Å². The van der Waals surface area contributed by atoms with Crippen LogP contribution in [0.3, 0.4) is 0 Å². The summed E-state index contributed by atoms with van der Waals surface area (Å²) in [5.74, 6) is -17.5. The average molecular weight is 1820 g/mol. The number of hydrogen-bond acceptors (Lipinski definition) is 29. The molecule has 0 spiro atoms. The van der Waals surface area contributed by atoms with Crippen molar-refractivity contribution in [1.82, 2.24) is 42.5 Å². The zero-order chi connectivity index (χ0) is 93.0. The Balaban J connectivity index is 0.926. The lowest BCUT2D eigenvalue weighted by atomic mass is 9.84. The van der Waals surface area contributed by atoms with Crippen molar-refractivity contribution in [3.8, 4) is 62.9 Å². The number of carboxylic acid groups (broad SMARTS) is 1. The Morgan fingerprint density at radius 2 is 1.33 bits per heavy atom. The first-order valence-corrected chi connectivity index (χ1v) is 41.3. The van der Waals surface area contributed by atoms with Crippen molar-refractivity contribution in [3.63, 3.8) is 0 Å². The fraction of sp³-hybridized carbons (Fsp3) is 0.352. The molecule has 39 nitrogen and oxygen atoms in total. The lowest BCUT2D eigenvalue weighted by molar-refractivity contribution is -0.386. The molecular weight excluding hydrogens is 1730 g/mol. The van der Waals surface area contributed by atoms with E-state index < -0.39 is 259 Å². The number of nitrogens with two attached hydrogens (primary N) is 1. The van der Waals surface area contributed by atoms with Crippen LogP contribution in [0, 0.1) is 23.0 Å². The van der Waals surface area contributed by atoms with Gasteiger partial charge in [0.15, 0.2) is 29.9 Å². The number of ether oxygens (including phenoxy) is 7. The number of hydrogen-bond donors (Lipinski definition) is 20. The molecule has 8 unspecified atom stereocenters. The summed E-state index contributed by atoms with van der Waals surface area (Å²) >= 11 is 14.3. The number of likely N-dealkylation sites (N-methyl/N-ethyl adjacent to an activating group) is 1. The molecule has 682 valence electrons. The van der Waals surface area contributed by atoms with E-state index in [1.54, 1.807) is 82.3 Å². The first-order chi connectivity index (χ1) is 61.3. The highest BCUT2D eigenvalue weighted by Crippen LogP contribution is 2.51. The number of carboxylic acids is 1. The zero-order valence-corrected chi connectivity index (χ0v) is 71.1. The number of aliphatic carboxylic acids is 1. The van der Waals surface area contributed by atoms with Crippen LogP contribution in [-0.4, -0.2) is 202 Å². The molecule has 2 fully saturated rings. The highest BCUT2D eigenvalue weighted by Gasteiger charge is 2.53. The van der Waals surface area contributed by atoms with E-state index in [-0.39, 0.29) is 71.4 Å². The number of rotatable bonds is 22.